The standard InChI is InChI=1S/C38H48N8O8/c1-21(2)30(42-37(51)53-5)34(49)45-15-7-9-28(45)32(47)41-27-14-13-23-17-24(11-12-25(23)18-27)26-19-39-36(40-20-26)44-33(48)29-10-8-16-46(29)35(50)31(22(3)4)43-38(52)54-6/h11-14,17-22,28-31H,7-10,15-16H2,1-6H3,(H,41,47)(H,42,51)(H,43,52)(H,39,40,44,48)/t28-,29-,30?,31-/m0/s1. The molecule has 5 rings (SSSR count). The van der Waals surface area contributed by atoms with E-state index in [9.17, 15) is 28.8 Å². The highest BCUT2D eigenvalue weighted by Gasteiger charge is 2.40. The van der Waals surface area contributed by atoms with Gasteiger partial charge in [-0.2, -0.15) is 0 Å². The van der Waals surface area contributed by atoms with Crippen LogP contribution in [0.3, 0.4) is 0 Å². The van der Waals surface area contributed by atoms with Gasteiger partial charge < -0.3 is 35.2 Å². The molecule has 2 fully saturated rings. The summed E-state index contributed by atoms with van der Waals surface area (Å²) >= 11 is 0. The number of ether oxygens (including phenoxy) is 2. The molecule has 3 heterocycles. The lowest BCUT2D eigenvalue weighted by Gasteiger charge is -2.30. The van der Waals surface area contributed by atoms with Crippen LogP contribution in [0.1, 0.15) is 53.4 Å². The van der Waals surface area contributed by atoms with Gasteiger partial charge in [0.05, 0.1) is 14.2 Å². The van der Waals surface area contributed by atoms with E-state index < -0.39 is 42.3 Å². The molecule has 2 aliphatic rings. The minimum atomic E-state index is -0.837. The summed E-state index contributed by atoms with van der Waals surface area (Å²) in [4.78, 5) is 88.8. The van der Waals surface area contributed by atoms with E-state index in [-0.39, 0.29) is 35.5 Å². The molecular weight excluding hydrogens is 696 g/mol. The molecule has 2 aromatic carbocycles. The second-order valence-electron chi connectivity index (χ2n) is 14.1. The summed E-state index contributed by atoms with van der Waals surface area (Å²) in [5.74, 6) is -1.71. The highest BCUT2D eigenvalue weighted by molar-refractivity contribution is 6.01. The Hall–Kier alpha value is -5.80. The lowest BCUT2D eigenvalue weighted by atomic mass is 10.0. The van der Waals surface area contributed by atoms with Crippen LogP contribution in [-0.4, -0.2) is 107 Å². The summed E-state index contributed by atoms with van der Waals surface area (Å²) in [6.45, 7) is 8.05. The Morgan fingerprint density at radius 1 is 0.667 bits per heavy atom. The number of aromatic nitrogens is 2. The van der Waals surface area contributed by atoms with Crippen LogP contribution in [0, 0.1) is 11.8 Å². The number of nitrogens with one attached hydrogen (secondary N) is 4. The van der Waals surface area contributed by atoms with Crippen LogP contribution in [0.15, 0.2) is 48.8 Å². The molecule has 54 heavy (non-hydrogen) atoms. The summed E-state index contributed by atoms with van der Waals surface area (Å²) in [7, 11) is 2.46. The lowest BCUT2D eigenvalue weighted by Crippen LogP contribution is -2.54. The number of carbonyl (C=O) groups is 6. The van der Waals surface area contributed by atoms with Crippen LogP contribution < -0.4 is 21.3 Å². The summed E-state index contributed by atoms with van der Waals surface area (Å²) in [5.41, 5.74) is 2.13. The first-order chi connectivity index (χ1) is 25.8. The minimum Gasteiger partial charge on any atom is -0.453 e. The SMILES string of the molecule is COC(=O)NC(C(=O)N1CCC[C@H]1C(=O)Nc1ccc2cc(-c3cnc(NC(=O)[C@@H]4CCCN4C(=O)[C@@H](NC(=O)OC)C(C)C)nc3)ccc2c1)C(C)C. The van der Waals surface area contributed by atoms with Gasteiger partial charge in [0.2, 0.25) is 29.6 Å². The fraction of sp³-hybridized carbons (Fsp3) is 0.474. The number of carbonyl (C=O) groups excluding carboxylic acids is 6. The van der Waals surface area contributed by atoms with Crippen molar-refractivity contribution in [2.45, 2.75) is 77.5 Å². The topological polar surface area (TPSA) is 201 Å². The van der Waals surface area contributed by atoms with E-state index in [0.717, 1.165) is 16.3 Å². The zero-order valence-electron chi connectivity index (χ0n) is 31.4. The van der Waals surface area contributed by atoms with Gasteiger partial charge >= 0.3 is 12.2 Å². The van der Waals surface area contributed by atoms with E-state index in [1.807, 2.05) is 44.2 Å². The first-order valence-corrected chi connectivity index (χ1v) is 18.1. The Balaban J connectivity index is 1.21. The van der Waals surface area contributed by atoms with Gasteiger partial charge in [0.15, 0.2) is 0 Å². The van der Waals surface area contributed by atoms with Crippen LogP contribution >= 0.6 is 0 Å². The Kier molecular flexibility index (Phi) is 12.7. The average molecular weight is 745 g/mol. The largest absolute Gasteiger partial charge is 0.453 e. The molecule has 1 aromatic heterocycles. The molecule has 0 saturated carbocycles. The molecule has 1 unspecified atom stereocenters. The number of benzene rings is 2. The predicted molar refractivity (Wildman–Crippen MR) is 200 cm³/mol. The Bertz CT molecular complexity index is 1880. The molecule has 0 radical (unpaired) electrons. The average Bonchev–Trinajstić information content (AvgIpc) is 3.86. The van der Waals surface area contributed by atoms with Gasteiger partial charge in [-0.3, -0.25) is 24.5 Å². The number of methoxy groups -OCH3 is 2. The van der Waals surface area contributed by atoms with Crippen LogP contribution in [0.4, 0.5) is 21.2 Å². The molecule has 6 amide bonds. The fourth-order valence-corrected chi connectivity index (χ4v) is 6.83. The molecule has 16 nitrogen and oxygen atoms in total. The Labute approximate surface area is 313 Å². The molecule has 0 bridgehead atoms. The molecule has 288 valence electrons. The van der Waals surface area contributed by atoms with E-state index >= 15 is 0 Å². The second-order valence-corrected chi connectivity index (χ2v) is 14.1. The zero-order chi connectivity index (χ0) is 39.1. The van der Waals surface area contributed by atoms with Gasteiger partial charge in [0, 0.05) is 36.7 Å². The summed E-state index contributed by atoms with van der Waals surface area (Å²) in [5, 5.41) is 12.6. The second kappa shape index (κ2) is 17.4. The number of amides is 6. The molecule has 2 aliphatic heterocycles. The molecule has 0 spiro atoms. The van der Waals surface area contributed by atoms with Crippen molar-refractivity contribution in [3.63, 3.8) is 0 Å². The van der Waals surface area contributed by atoms with Crippen molar-refractivity contribution < 1.29 is 38.2 Å². The first kappa shape index (κ1) is 39.4. The van der Waals surface area contributed by atoms with Crippen LogP contribution in [0.25, 0.3) is 21.9 Å². The fourth-order valence-electron chi connectivity index (χ4n) is 6.83. The number of hydrogen-bond acceptors (Lipinski definition) is 10. The quantitative estimate of drug-likeness (QED) is 0.223. The number of alkyl carbamates (subject to hydrolysis) is 2. The van der Waals surface area contributed by atoms with Crippen molar-refractivity contribution in [2.24, 2.45) is 11.8 Å². The highest BCUT2D eigenvalue weighted by atomic mass is 16.5. The van der Waals surface area contributed by atoms with E-state index in [1.54, 1.807) is 32.3 Å². The monoisotopic (exact) mass is 744 g/mol. The number of rotatable bonds is 11. The van der Waals surface area contributed by atoms with Gasteiger partial charge in [-0.25, -0.2) is 19.6 Å². The Morgan fingerprint density at radius 3 is 1.65 bits per heavy atom. The number of anilines is 2. The maximum atomic E-state index is 13.4. The summed E-state index contributed by atoms with van der Waals surface area (Å²) in [6.07, 6.45) is 4.07. The molecule has 2 saturated heterocycles. The zero-order valence-corrected chi connectivity index (χ0v) is 31.4. The molecule has 4 atom stereocenters. The third kappa shape index (κ3) is 9.04. The molecule has 16 heteroatoms. The van der Waals surface area contributed by atoms with Gasteiger partial charge in [-0.15, -0.1) is 0 Å². The van der Waals surface area contributed by atoms with E-state index in [4.69, 9.17) is 0 Å². The van der Waals surface area contributed by atoms with Crippen molar-refractivity contribution in [3.8, 4) is 11.1 Å². The smallest absolute Gasteiger partial charge is 0.407 e. The minimum absolute atomic E-state index is 0.0966. The van der Waals surface area contributed by atoms with E-state index in [0.29, 0.717) is 50.0 Å². The van der Waals surface area contributed by atoms with Crippen molar-refractivity contribution in [1.82, 2.24) is 30.4 Å². The Morgan fingerprint density at radius 2 is 1.15 bits per heavy atom. The van der Waals surface area contributed by atoms with Crippen LogP contribution in [0.2, 0.25) is 0 Å². The van der Waals surface area contributed by atoms with Crippen LogP contribution in [-0.2, 0) is 28.7 Å². The third-order valence-corrected chi connectivity index (χ3v) is 9.79. The number of likely N-dealkylation sites (tertiary alicyclic amines) is 2. The maximum absolute atomic E-state index is 13.4. The molecular formula is C38H48N8O8. The normalized spacial score (nSPS) is 17.9. The van der Waals surface area contributed by atoms with Crippen molar-refractivity contribution in [3.05, 3.63) is 48.8 Å². The number of nitrogens with zero attached hydrogens (tertiary/aromatic N) is 4. The van der Waals surface area contributed by atoms with Crippen molar-refractivity contribution in [1.29, 1.82) is 0 Å². The van der Waals surface area contributed by atoms with Crippen molar-refractivity contribution >= 4 is 58.2 Å². The first-order valence-electron chi connectivity index (χ1n) is 18.1. The maximum Gasteiger partial charge on any atom is 0.407 e. The van der Waals surface area contributed by atoms with Crippen molar-refractivity contribution in [2.75, 3.05) is 37.9 Å². The molecule has 4 N–H and O–H groups in total. The van der Waals surface area contributed by atoms with E-state index in [1.165, 1.54) is 24.0 Å². The summed E-state index contributed by atoms with van der Waals surface area (Å²) in [6, 6.07) is 8.26. The van der Waals surface area contributed by atoms with Gasteiger partial charge in [0.25, 0.3) is 0 Å². The summed E-state index contributed by atoms with van der Waals surface area (Å²) < 4.78 is 9.36. The van der Waals surface area contributed by atoms with Gasteiger partial charge in [-0.1, -0.05) is 45.9 Å². The third-order valence-electron chi connectivity index (χ3n) is 9.79. The lowest BCUT2D eigenvalue weighted by molar-refractivity contribution is -0.139. The number of hydrogen-bond donors (Lipinski definition) is 4. The van der Waals surface area contributed by atoms with Crippen LogP contribution in [0.5, 0.6) is 0 Å². The molecule has 3 aromatic rings. The molecule has 0 aliphatic carbocycles. The highest BCUT2D eigenvalue weighted by Crippen LogP contribution is 2.28. The predicted octanol–water partition coefficient (Wildman–Crippen LogP) is 3.92. The van der Waals surface area contributed by atoms with Gasteiger partial charge in [0.1, 0.15) is 24.2 Å². The van der Waals surface area contributed by atoms with E-state index in [2.05, 4.69) is 40.7 Å². The number of fused-ring (bicyclic) bond motifs is 1. The van der Waals surface area contributed by atoms with Gasteiger partial charge in [-0.05, 0) is 72.1 Å².